The first-order chi connectivity index (χ1) is 9.10. The molecule has 0 aliphatic carbocycles. The number of nitrogens with zero attached hydrogens (tertiary/aromatic N) is 2. The van der Waals surface area contributed by atoms with Crippen LogP contribution in [0.15, 0.2) is 12.1 Å². The third-order valence-electron chi connectivity index (χ3n) is 4.52. The molecule has 5 heterocycles. The van der Waals surface area contributed by atoms with E-state index < -0.39 is 0 Å². The largest absolute Gasteiger partial charge is 0.224 e. The van der Waals surface area contributed by atoms with Gasteiger partial charge < -0.3 is 0 Å². The zero-order valence-corrected chi connectivity index (χ0v) is 12.3. The maximum absolute atomic E-state index is 6.02. The van der Waals surface area contributed by atoms with E-state index in [-0.39, 0.29) is 0 Å². The van der Waals surface area contributed by atoms with Gasteiger partial charge in [0.2, 0.25) is 40.0 Å². The maximum Gasteiger partial charge on any atom is 0.223 e. The number of hydrogen-bond donors (Lipinski definition) is 3. The maximum atomic E-state index is 6.02. The number of hydrogen-bond acceptors (Lipinski definition) is 1. The second-order valence-corrected chi connectivity index (χ2v) is 7.15. The fourth-order valence-electron chi connectivity index (χ4n) is 4.33. The summed E-state index contributed by atoms with van der Waals surface area (Å²) in [7, 11) is 0. The summed E-state index contributed by atoms with van der Waals surface area (Å²) in [5, 5.41) is 1.01. The van der Waals surface area contributed by atoms with E-state index in [0.29, 0.717) is 10.3 Å². The van der Waals surface area contributed by atoms with Crippen molar-refractivity contribution in [1.82, 2.24) is 4.98 Å². The SMILES string of the molecule is Clc1cc(C[N+]23C[NH+]4C[NH+](C[NH+](C4)C2)C3)cc(Cl)n1. The van der Waals surface area contributed by atoms with Crippen molar-refractivity contribution in [3.63, 3.8) is 0 Å². The molecule has 5 nitrogen and oxygen atoms in total. The predicted molar refractivity (Wildman–Crippen MR) is 70.3 cm³/mol. The van der Waals surface area contributed by atoms with Gasteiger partial charge in [0.1, 0.15) is 16.9 Å². The van der Waals surface area contributed by atoms with Crippen LogP contribution in [0, 0.1) is 0 Å². The molecule has 1 aromatic rings. The second kappa shape index (κ2) is 4.28. The minimum Gasteiger partial charge on any atom is -0.224 e. The van der Waals surface area contributed by atoms with Gasteiger partial charge in [0.15, 0.2) is 0 Å². The van der Waals surface area contributed by atoms with Crippen molar-refractivity contribution in [3.8, 4) is 0 Å². The minimum absolute atomic E-state index is 0.504. The van der Waals surface area contributed by atoms with Crippen LogP contribution in [-0.4, -0.2) is 49.5 Å². The molecule has 4 aliphatic heterocycles. The van der Waals surface area contributed by atoms with E-state index in [1.54, 1.807) is 14.7 Å². The van der Waals surface area contributed by atoms with Crippen molar-refractivity contribution < 1.29 is 19.2 Å². The molecule has 0 radical (unpaired) electrons. The van der Waals surface area contributed by atoms with Gasteiger partial charge in [-0.3, -0.25) is 0 Å². The van der Waals surface area contributed by atoms with Gasteiger partial charge >= 0.3 is 0 Å². The number of aromatic nitrogens is 1. The van der Waals surface area contributed by atoms with E-state index in [0.717, 1.165) is 11.0 Å². The predicted octanol–water partition coefficient (Wildman–Crippen LogP) is -2.85. The highest BCUT2D eigenvalue weighted by Gasteiger charge is 2.56. The van der Waals surface area contributed by atoms with Crippen LogP contribution in [0.5, 0.6) is 0 Å². The molecule has 7 heteroatoms. The van der Waals surface area contributed by atoms with Crippen LogP contribution < -0.4 is 14.7 Å². The molecule has 0 saturated carbocycles. The van der Waals surface area contributed by atoms with Crippen molar-refractivity contribution in [2.24, 2.45) is 0 Å². The highest BCUT2D eigenvalue weighted by Crippen LogP contribution is 2.19. The zero-order valence-electron chi connectivity index (χ0n) is 10.8. The van der Waals surface area contributed by atoms with Gasteiger partial charge in [0.05, 0.1) is 0 Å². The molecule has 3 N–H and O–H groups in total. The summed E-state index contributed by atoms with van der Waals surface area (Å²) in [6, 6.07) is 3.93. The van der Waals surface area contributed by atoms with Gasteiger partial charge in [-0.05, 0) is 12.1 Å². The first kappa shape index (κ1) is 12.3. The standard InChI is InChI=1S/C12H16Cl2N5/c13-11-1-10(2-12(14)15-11)3-19-7-16-4-17(8-19)6-18(5-16)9-19/h1-2H,3-9H2/q+1/p+3. The van der Waals surface area contributed by atoms with Crippen LogP contribution in [0.4, 0.5) is 0 Å². The van der Waals surface area contributed by atoms with E-state index in [1.807, 2.05) is 12.1 Å². The van der Waals surface area contributed by atoms with E-state index in [9.17, 15) is 0 Å². The molecule has 0 unspecified atom stereocenters. The number of rotatable bonds is 2. The molecule has 102 valence electrons. The molecule has 4 saturated heterocycles. The lowest BCUT2D eigenvalue weighted by atomic mass is 10.2. The monoisotopic (exact) mass is 303 g/mol. The molecule has 1 aromatic heterocycles. The van der Waals surface area contributed by atoms with Gasteiger partial charge in [-0.15, -0.1) is 0 Å². The van der Waals surface area contributed by atoms with Crippen LogP contribution >= 0.6 is 23.2 Å². The molecular weight excluding hydrogens is 285 g/mol. The Bertz CT molecular complexity index is 465. The average molecular weight is 304 g/mol. The van der Waals surface area contributed by atoms with Crippen LogP contribution in [0.1, 0.15) is 5.56 Å². The van der Waals surface area contributed by atoms with Crippen molar-refractivity contribution in [3.05, 3.63) is 28.0 Å². The van der Waals surface area contributed by atoms with Crippen LogP contribution in [0.3, 0.4) is 0 Å². The Morgan fingerprint density at radius 1 is 0.947 bits per heavy atom. The molecule has 5 rings (SSSR count). The summed E-state index contributed by atoms with van der Waals surface area (Å²) in [6.45, 7) is 8.63. The highest BCUT2D eigenvalue weighted by atomic mass is 35.5. The summed E-state index contributed by atoms with van der Waals surface area (Å²) in [5.74, 6) is 0. The number of halogens is 2. The lowest BCUT2D eigenvalue weighted by Gasteiger charge is -2.52. The van der Waals surface area contributed by atoms with E-state index >= 15 is 0 Å². The molecule has 4 aliphatic rings. The highest BCUT2D eigenvalue weighted by molar-refractivity contribution is 6.32. The third-order valence-corrected chi connectivity index (χ3v) is 4.90. The Morgan fingerprint density at radius 3 is 1.89 bits per heavy atom. The first-order valence-corrected chi connectivity index (χ1v) is 7.54. The van der Waals surface area contributed by atoms with Gasteiger partial charge in [0.25, 0.3) is 0 Å². The second-order valence-electron chi connectivity index (χ2n) is 6.38. The number of pyridine rings is 1. The molecule has 0 spiro atoms. The summed E-state index contributed by atoms with van der Waals surface area (Å²) >= 11 is 12.0. The smallest absolute Gasteiger partial charge is 0.223 e. The zero-order chi connectivity index (χ0) is 13.0. The Kier molecular flexibility index (Phi) is 2.78. The normalized spacial score (nSPS) is 39.8. The Morgan fingerprint density at radius 2 is 1.42 bits per heavy atom. The topological polar surface area (TPSA) is 26.2 Å². The van der Waals surface area contributed by atoms with Gasteiger partial charge in [-0.1, -0.05) is 23.2 Å². The lowest BCUT2D eigenvalue weighted by molar-refractivity contribution is -1.43. The van der Waals surface area contributed by atoms with E-state index in [4.69, 9.17) is 23.2 Å². The molecule has 4 fully saturated rings. The van der Waals surface area contributed by atoms with Crippen molar-refractivity contribution in [2.75, 3.05) is 40.0 Å². The van der Waals surface area contributed by atoms with Gasteiger partial charge in [-0.25, -0.2) is 4.98 Å². The van der Waals surface area contributed by atoms with Crippen molar-refractivity contribution in [1.29, 1.82) is 0 Å². The first-order valence-electron chi connectivity index (χ1n) is 6.78. The quantitative estimate of drug-likeness (QED) is 0.398. The van der Waals surface area contributed by atoms with E-state index in [1.165, 1.54) is 45.6 Å². The summed E-state index contributed by atoms with van der Waals surface area (Å²) in [5.41, 5.74) is 1.22. The van der Waals surface area contributed by atoms with Crippen molar-refractivity contribution in [2.45, 2.75) is 6.54 Å². The van der Waals surface area contributed by atoms with E-state index in [2.05, 4.69) is 4.98 Å². The minimum atomic E-state index is 0.504. The van der Waals surface area contributed by atoms with Gasteiger partial charge in [-0.2, -0.15) is 19.2 Å². The average Bonchev–Trinajstić information content (AvgIpc) is 2.23. The summed E-state index contributed by atoms with van der Waals surface area (Å²) < 4.78 is 1.16. The Hall–Kier alpha value is -0.430. The molecular formula is C12H19Cl2N5+4. The fourth-order valence-corrected chi connectivity index (χ4v) is 4.84. The third kappa shape index (κ3) is 2.24. The number of nitrogens with one attached hydrogen (secondary N) is 3. The number of quaternary nitrogens is 4. The molecule has 0 atom stereocenters. The molecule has 0 aromatic carbocycles. The van der Waals surface area contributed by atoms with Crippen molar-refractivity contribution >= 4 is 23.2 Å². The Labute approximate surface area is 122 Å². The summed E-state index contributed by atoms with van der Waals surface area (Å²) in [4.78, 5) is 9.25. The van der Waals surface area contributed by atoms with Crippen LogP contribution in [0.2, 0.25) is 10.3 Å². The van der Waals surface area contributed by atoms with Crippen LogP contribution in [-0.2, 0) is 6.54 Å². The molecule has 19 heavy (non-hydrogen) atoms. The lowest BCUT2D eigenvalue weighted by Crippen LogP contribution is -3.57. The van der Waals surface area contributed by atoms with Crippen LogP contribution in [0.25, 0.3) is 0 Å². The van der Waals surface area contributed by atoms with Gasteiger partial charge in [0, 0.05) is 5.56 Å². The fraction of sp³-hybridized carbons (Fsp3) is 0.583. The molecule has 4 bridgehead atoms. The molecule has 0 amide bonds. The Balaban J connectivity index is 1.62. The summed E-state index contributed by atoms with van der Waals surface area (Å²) in [6.07, 6.45) is 0.